The molecule has 0 N–H and O–H groups in total. The minimum Gasteiger partial charge on any atom is -0.381 e. The van der Waals surface area contributed by atoms with E-state index in [0.29, 0.717) is 18.4 Å². The Morgan fingerprint density at radius 2 is 2.30 bits per heavy atom. The lowest BCUT2D eigenvalue weighted by Crippen LogP contribution is -2.49. The van der Waals surface area contributed by atoms with Gasteiger partial charge in [-0.05, 0) is 38.1 Å². The highest BCUT2D eigenvalue weighted by Crippen LogP contribution is 2.40. The van der Waals surface area contributed by atoms with E-state index in [1.54, 1.807) is 0 Å². The summed E-state index contributed by atoms with van der Waals surface area (Å²) >= 11 is 0. The first-order valence-electron chi connectivity index (χ1n) is 7.94. The molecule has 20 heavy (non-hydrogen) atoms. The highest BCUT2D eigenvalue weighted by atomic mass is 16.5. The van der Waals surface area contributed by atoms with Crippen LogP contribution >= 0.6 is 0 Å². The van der Waals surface area contributed by atoms with Gasteiger partial charge < -0.3 is 14.5 Å². The Hall–Kier alpha value is -0.870. The molecule has 3 aliphatic rings. The van der Waals surface area contributed by atoms with Gasteiger partial charge in [0, 0.05) is 32.8 Å². The average molecular weight is 278 g/mol. The van der Waals surface area contributed by atoms with Crippen LogP contribution in [0.3, 0.4) is 0 Å². The van der Waals surface area contributed by atoms with E-state index in [1.165, 1.54) is 6.42 Å². The van der Waals surface area contributed by atoms with Gasteiger partial charge in [-0.15, -0.1) is 6.58 Å². The molecule has 4 heteroatoms. The van der Waals surface area contributed by atoms with Crippen molar-refractivity contribution < 1.29 is 9.53 Å². The van der Waals surface area contributed by atoms with Crippen molar-refractivity contribution >= 4 is 5.91 Å². The normalized spacial score (nSPS) is 35.1. The van der Waals surface area contributed by atoms with Crippen molar-refractivity contribution in [2.75, 3.05) is 45.9 Å². The number of piperidine rings is 1. The number of ether oxygens (including phenoxy) is 1. The lowest BCUT2D eigenvalue weighted by atomic mass is 9.78. The van der Waals surface area contributed by atoms with Gasteiger partial charge in [0.15, 0.2) is 0 Å². The molecule has 0 aromatic heterocycles. The van der Waals surface area contributed by atoms with Gasteiger partial charge in [0.2, 0.25) is 5.91 Å². The molecule has 3 saturated heterocycles. The minimum atomic E-state index is -0.0965. The fourth-order valence-corrected chi connectivity index (χ4v) is 4.08. The summed E-state index contributed by atoms with van der Waals surface area (Å²) in [5, 5.41) is 0. The largest absolute Gasteiger partial charge is 0.381 e. The van der Waals surface area contributed by atoms with Crippen LogP contribution < -0.4 is 0 Å². The summed E-state index contributed by atoms with van der Waals surface area (Å²) in [4.78, 5) is 17.2. The van der Waals surface area contributed by atoms with Crippen LogP contribution in [-0.4, -0.2) is 61.6 Å². The first kappa shape index (κ1) is 14.1. The summed E-state index contributed by atoms with van der Waals surface area (Å²) in [5.74, 6) is 1.04. The molecule has 1 amide bonds. The van der Waals surface area contributed by atoms with E-state index in [4.69, 9.17) is 4.74 Å². The molecule has 0 unspecified atom stereocenters. The first-order valence-corrected chi connectivity index (χ1v) is 7.94. The van der Waals surface area contributed by atoms with Crippen LogP contribution in [0.5, 0.6) is 0 Å². The van der Waals surface area contributed by atoms with Crippen LogP contribution in [0, 0.1) is 11.3 Å². The molecule has 1 spiro atoms. The van der Waals surface area contributed by atoms with Crippen LogP contribution in [0.1, 0.15) is 25.7 Å². The van der Waals surface area contributed by atoms with Gasteiger partial charge in [-0.2, -0.15) is 0 Å². The average Bonchev–Trinajstić information content (AvgIpc) is 3.04. The summed E-state index contributed by atoms with van der Waals surface area (Å²) in [6, 6.07) is 0. The molecule has 0 aromatic carbocycles. The van der Waals surface area contributed by atoms with Gasteiger partial charge >= 0.3 is 0 Å². The molecule has 0 aromatic rings. The van der Waals surface area contributed by atoms with E-state index in [0.717, 1.165) is 58.7 Å². The Balaban J connectivity index is 1.62. The lowest BCUT2D eigenvalue weighted by Gasteiger charge is -2.39. The smallest absolute Gasteiger partial charge is 0.230 e. The van der Waals surface area contributed by atoms with Gasteiger partial charge in [0.05, 0.1) is 12.0 Å². The number of hydrogen-bond donors (Lipinski definition) is 0. The Kier molecular flexibility index (Phi) is 4.13. The third kappa shape index (κ3) is 2.63. The molecule has 3 rings (SSSR count). The number of hydrogen-bond acceptors (Lipinski definition) is 3. The third-order valence-electron chi connectivity index (χ3n) is 5.15. The standard InChI is InChI=1S/C16H26N2O2/c1-2-7-18-9-6-16(15(18)19)5-3-8-17(13-16)11-14-4-10-20-12-14/h2,14H,1,3-13H2/t14-,16+/m1/s1. The predicted molar refractivity (Wildman–Crippen MR) is 78.4 cm³/mol. The Labute approximate surface area is 121 Å². The molecule has 4 nitrogen and oxygen atoms in total. The van der Waals surface area contributed by atoms with E-state index in [1.807, 2.05) is 11.0 Å². The summed E-state index contributed by atoms with van der Waals surface area (Å²) in [6.07, 6.45) is 6.27. The highest BCUT2D eigenvalue weighted by Gasteiger charge is 2.48. The second kappa shape index (κ2) is 5.86. The topological polar surface area (TPSA) is 32.8 Å². The van der Waals surface area contributed by atoms with Crippen molar-refractivity contribution in [3.63, 3.8) is 0 Å². The molecule has 3 fully saturated rings. The van der Waals surface area contributed by atoms with Crippen molar-refractivity contribution in [1.82, 2.24) is 9.80 Å². The van der Waals surface area contributed by atoms with Crippen LogP contribution in [0.4, 0.5) is 0 Å². The Bertz CT molecular complexity index is 379. The quantitative estimate of drug-likeness (QED) is 0.731. The summed E-state index contributed by atoms with van der Waals surface area (Å²) in [7, 11) is 0. The zero-order valence-electron chi connectivity index (χ0n) is 12.4. The summed E-state index contributed by atoms with van der Waals surface area (Å²) in [5.41, 5.74) is -0.0965. The number of rotatable bonds is 4. The molecule has 3 heterocycles. The summed E-state index contributed by atoms with van der Waals surface area (Å²) in [6.45, 7) is 10.4. The van der Waals surface area contributed by atoms with Crippen LogP contribution in [0.2, 0.25) is 0 Å². The van der Waals surface area contributed by atoms with Gasteiger partial charge in [-0.3, -0.25) is 4.79 Å². The van der Waals surface area contributed by atoms with E-state index in [9.17, 15) is 4.79 Å². The maximum Gasteiger partial charge on any atom is 0.230 e. The van der Waals surface area contributed by atoms with Crippen LogP contribution in [0.25, 0.3) is 0 Å². The number of nitrogens with zero attached hydrogens (tertiary/aromatic N) is 2. The van der Waals surface area contributed by atoms with Gasteiger partial charge in [0.1, 0.15) is 0 Å². The Morgan fingerprint density at radius 1 is 1.40 bits per heavy atom. The van der Waals surface area contributed by atoms with E-state index < -0.39 is 0 Å². The van der Waals surface area contributed by atoms with E-state index in [-0.39, 0.29) is 5.41 Å². The molecule has 0 bridgehead atoms. The maximum absolute atomic E-state index is 12.7. The molecule has 0 aliphatic carbocycles. The monoisotopic (exact) mass is 278 g/mol. The van der Waals surface area contributed by atoms with E-state index in [2.05, 4.69) is 11.5 Å². The number of carbonyl (C=O) groups is 1. The summed E-state index contributed by atoms with van der Waals surface area (Å²) < 4.78 is 5.47. The SMILES string of the molecule is C=CCN1CC[C@]2(CCCN(C[C@H]3CCOC3)C2)C1=O. The van der Waals surface area contributed by atoms with Crippen molar-refractivity contribution in [3.8, 4) is 0 Å². The third-order valence-corrected chi connectivity index (χ3v) is 5.15. The van der Waals surface area contributed by atoms with Crippen LogP contribution in [0.15, 0.2) is 12.7 Å². The zero-order chi connectivity index (χ0) is 14.0. The van der Waals surface area contributed by atoms with Crippen molar-refractivity contribution in [2.24, 2.45) is 11.3 Å². The zero-order valence-corrected chi connectivity index (χ0v) is 12.4. The lowest BCUT2D eigenvalue weighted by molar-refractivity contribution is -0.138. The highest BCUT2D eigenvalue weighted by molar-refractivity contribution is 5.85. The number of carbonyl (C=O) groups excluding carboxylic acids is 1. The van der Waals surface area contributed by atoms with Gasteiger partial charge in [-0.1, -0.05) is 6.08 Å². The van der Waals surface area contributed by atoms with Crippen molar-refractivity contribution in [1.29, 1.82) is 0 Å². The van der Waals surface area contributed by atoms with Crippen molar-refractivity contribution in [2.45, 2.75) is 25.7 Å². The second-order valence-corrected chi connectivity index (χ2v) is 6.64. The van der Waals surface area contributed by atoms with E-state index >= 15 is 0 Å². The van der Waals surface area contributed by atoms with Crippen molar-refractivity contribution in [3.05, 3.63) is 12.7 Å². The molecule has 2 atom stereocenters. The number of likely N-dealkylation sites (tertiary alicyclic amines) is 2. The van der Waals surface area contributed by atoms with Gasteiger partial charge in [0.25, 0.3) is 0 Å². The molecular formula is C16H26N2O2. The predicted octanol–water partition coefficient (Wildman–Crippen LogP) is 1.52. The Morgan fingerprint density at radius 3 is 3.05 bits per heavy atom. The maximum atomic E-state index is 12.7. The molecular weight excluding hydrogens is 252 g/mol. The first-order chi connectivity index (χ1) is 9.73. The van der Waals surface area contributed by atoms with Crippen LogP contribution in [-0.2, 0) is 9.53 Å². The molecule has 0 radical (unpaired) electrons. The fraction of sp³-hybridized carbons (Fsp3) is 0.812. The molecule has 3 aliphatic heterocycles. The number of amides is 1. The second-order valence-electron chi connectivity index (χ2n) is 6.64. The minimum absolute atomic E-state index is 0.0965. The fourth-order valence-electron chi connectivity index (χ4n) is 4.08. The molecule has 0 saturated carbocycles. The van der Waals surface area contributed by atoms with Gasteiger partial charge in [-0.25, -0.2) is 0 Å². The molecule has 112 valence electrons.